The van der Waals surface area contributed by atoms with Crippen LogP contribution in [0.1, 0.15) is 51.4 Å². The molecule has 10 heteroatoms. The molecule has 4 unspecified atom stereocenters. The van der Waals surface area contributed by atoms with Gasteiger partial charge in [0.15, 0.2) is 0 Å². The van der Waals surface area contributed by atoms with E-state index in [1.807, 2.05) is 0 Å². The van der Waals surface area contributed by atoms with E-state index in [2.05, 4.69) is 9.98 Å². The van der Waals surface area contributed by atoms with E-state index in [1.54, 1.807) is 12.2 Å². The second-order valence-corrected chi connectivity index (χ2v) is 9.29. The molecule has 2 aliphatic carbocycles. The van der Waals surface area contributed by atoms with Gasteiger partial charge in [-0.1, -0.05) is 12.8 Å². The summed E-state index contributed by atoms with van der Waals surface area (Å²) in [6.07, 6.45) is 10.3. The number of isocyanates is 2. The van der Waals surface area contributed by atoms with Gasteiger partial charge in [-0.3, -0.25) is 0 Å². The van der Waals surface area contributed by atoms with Crippen molar-refractivity contribution in [3.63, 3.8) is 0 Å². The van der Waals surface area contributed by atoms with Crippen molar-refractivity contribution in [2.75, 3.05) is 13.1 Å². The highest BCUT2D eigenvalue weighted by atomic mass is 16.2. The number of rotatable bonds is 8. The fraction of sp³-hybridized carbons (Fsp3) is 0.773. The van der Waals surface area contributed by atoms with Crippen molar-refractivity contribution < 1.29 is 9.59 Å². The summed E-state index contributed by atoms with van der Waals surface area (Å²) in [4.78, 5) is 66.9. The number of hydrogen-bond acceptors (Lipinski definition) is 7. The molecule has 0 radical (unpaired) electrons. The Labute approximate surface area is 185 Å². The van der Waals surface area contributed by atoms with Crippen LogP contribution in [0.2, 0.25) is 0 Å². The minimum absolute atomic E-state index is 0.118. The van der Waals surface area contributed by atoms with Gasteiger partial charge >= 0.3 is 17.1 Å². The van der Waals surface area contributed by atoms with Crippen LogP contribution in [0, 0.1) is 23.7 Å². The molecule has 2 aliphatic rings. The molecule has 174 valence electrons. The van der Waals surface area contributed by atoms with E-state index in [9.17, 15) is 24.0 Å². The van der Waals surface area contributed by atoms with Gasteiger partial charge in [0, 0.05) is 20.1 Å². The van der Waals surface area contributed by atoms with Gasteiger partial charge in [0.25, 0.3) is 0 Å². The van der Waals surface area contributed by atoms with Gasteiger partial charge in [0.05, 0.1) is 13.1 Å². The Morgan fingerprint density at radius 1 is 0.719 bits per heavy atom. The van der Waals surface area contributed by atoms with E-state index in [4.69, 9.17) is 0 Å². The van der Waals surface area contributed by atoms with Gasteiger partial charge in [-0.25, -0.2) is 47.7 Å². The molecule has 2 saturated carbocycles. The maximum atomic E-state index is 13.2. The van der Waals surface area contributed by atoms with Crippen molar-refractivity contribution in [3.8, 4) is 0 Å². The van der Waals surface area contributed by atoms with E-state index >= 15 is 0 Å². The highest BCUT2D eigenvalue weighted by Crippen LogP contribution is 2.31. The van der Waals surface area contributed by atoms with Crippen LogP contribution in [-0.4, -0.2) is 39.0 Å². The number of aliphatic imine (C=N–C) groups is 2. The summed E-state index contributed by atoms with van der Waals surface area (Å²) >= 11 is 0. The van der Waals surface area contributed by atoms with Crippen LogP contribution in [0.15, 0.2) is 24.4 Å². The van der Waals surface area contributed by atoms with Crippen LogP contribution < -0.4 is 17.1 Å². The zero-order valence-corrected chi connectivity index (χ0v) is 18.6. The molecule has 2 fully saturated rings. The number of hydrogen-bond donors (Lipinski definition) is 0. The first-order chi connectivity index (χ1) is 15.4. The Bertz CT molecular complexity index is 993. The second kappa shape index (κ2) is 11.2. The molecule has 0 spiro atoms. The van der Waals surface area contributed by atoms with Gasteiger partial charge in [-0.15, -0.1) is 0 Å². The summed E-state index contributed by atoms with van der Waals surface area (Å²) < 4.78 is 3.39. The van der Waals surface area contributed by atoms with E-state index in [0.717, 1.165) is 55.9 Å². The van der Waals surface area contributed by atoms with Crippen molar-refractivity contribution in [2.24, 2.45) is 40.7 Å². The van der Waals surface area contributed by atoms with Gasteiger partial charge in [0.1, 0.15) is 0 Å². The van der Waals surface area contributed by atoms with Crippen LogP contribution in [0.4, 0.5) is 0 Å². The van der Waals surface area contributed by atoms with Gasteiger partial charge in [0.2, 0.25) is 12.2 Å². The zero-order chi connectivity index (χ0) is 23.1. The van der Waals surface area contributed by atoms with E-state index in [-0.39, 0.29) is 36.8 Å². The van der Waals surface area contributed by atoms with Crippen LogP contribution >= 0.6 is 0 Å². The first-order valence-electron chi connectivity index (χ1n) is 11.4. The summed E-state index contributed by atoms with van der Waals surface area (Å²) in [6.45, 7) is 1.36. The molecular formula is C22H31N5O5. The quantitative estimate of drug-likeness (QED) is 0.436. The van der Waals surface area contributed by atoms with E-state index < -0.39 is 17.1 Å². The van der Waals surface area contributed by atoms with Gasteiger partial charge in [-0.05, 0) is 62.2 Å². The molecule has 4 atom stereocenters. The molecule has 0 amide bonds. The zero-order valence-electron chi connectivity index (χ0n) is 18.6. The molecule has 32 heavy (non-hydrogen) atoms. The third-order valence-electron chi connectivity index (χ3n) is 6.99. The molecule has 1 aromatic rings. The summed E-state index contributed by atoms with van der Waals surface area (Å²) in [5.41, 5.74) is -1.74. The minimum atomic E-state index is -0.592. The average molecular weight is 446 g/mol. The molecule has 0 saturated heterocycles. The summed E-state index contributed by atoms with van der Waals surface area (Å²) in [5, 5.41) is 0. The largest absolute Gasteiger partial charge is 0.336 e. The molecular weight excluding hydrogens is 414 g/mol. The Morgan fingerprint density at radius 3 is 1.53 bits per heavy atom. The standard InChI is InChI=1S/C22H31N5O5/c1-25-20(30)26(12-18-6-2-4-16(8-18)10-23-14-28)22(32)27(21(25)31)13-19-7-3-5-17(9-19)11-24-15-29/h16-19H,2-13H2,1H3. The van der Waals surface area contributed by atoms with E-state index in [0.29, 0.717) is 13.1 Å². The molecule has 3 rings (SSSR count). The first kappa shape index (κ1) is 23.8. The van der Waals surface area contributed by atoms with Crippen LogP contribution in [0.3, 0.4) is 0 Å². The topological polar surface area (TPSA) is 125 Å². The Hall–Kier alpha value is -2.83. The minimum Gasteiger partial charge on any atom is -0.248 e. The maximum Gasteiger partial charge on any atom is 0.336 e. The highest BCUT2D eigenvalue weighted by Gasteiger charge is 2.27. The Balaban J connectivity index is 1.81. The van der Waals surface area contributed by atoms with Crippen LogP contribution in [0.5, 0.6) is 0 Å². The molecule has 10 nitrogen and oxygen atoms in total. The number of nitrogens with zero attached hydrogens (tertiary/aromatic N) is 5. The molecule has 0 aromatic carbocycles. The lowest BCUT2D eigenvalue weighted by Gasteiger charge is -2.29. The predicted molar refractivity (Wildman–Crippen MR) is 117 cm³/mol. The average Bonchev–Trinajstić information content (AvgIpc) is 2.81. The Kier molecular flexibility index (Phi) is 8.31. The van der Waals surface area contributed by atoms with Crippen molar-refractivity contribution in [3.05, 3.63) is 31.5 Å². The lowest BCUT2D eigenvalue weighted by atomic mass is 9.81. The number of aromatic nitrogens is 3. The lowest BCUT2D eigenvalue weighted by Crippen LogP contribution is -2.55. The second-order valence-electron chi connectivity index (χ2n) is 9.29. The predicted octanol–water partition coefficient (Wildman–Crippen LogP) is 0.993. The van der Waals surface area contributed by atoms with Crippen LogP contribution in [-0.2, 0) is 29.7 Å². The third-order valence-corrected chi connectivity index (χ3v) is 6.99. The van der Waals surface area contributed by atoms with Crippen molar-refractivity contribution in [1.82, 2.24) is 13.7 Å². The molecule has 0 bridgehead atoms. The molecule has 1 heterocycles. The monoisotopic (exact) mass is 445 g/mol. The van der Waals surface area contributed by atoms with Crippen molar-refractivity contribution in [1.29, 1.82) is 0 Å². The Morgan fingerprint density at radius 2 is 1.12 bits per heavy atom. The van der Waals surface area contributed by atoms with Crippen LogP contribution in [0.25, 0.3) is 0 Å². The summed E-state index contributed by atoms with van der Waals surface area (Å²) in [6, 6.07) is 0. The molecule has 0 N–H and O–H groups in total. The first-order valence-corrected chi connectivity index (χ1v) is 11.4. The highest BCUT2D eigenvalue weighted by molar-refractivity contribution is 5.33. The molecule has 0 aliphatic heterocycles. The maximum absolute atomic E-state index is 13.2. The normalized spacial score (nSPS) is 25.5. The van der Waals surface area contributed by atoms with Crippen molar-refractivity contribution >= 4 is 12.2 Å². The fourth-order valence-electron chi connectivity index (χ4n) is 5.38. The lowest BCUT2D eigenvalue weighted by molar-refractivity contribution is 0.225. The van der Waals surface area contributed by atoms with Gasteiger partial charge in [-0.2, -0.15) is 0 Å². The summed E-state index contributed by atoms with van der Waals surface area (Å²) in [7, 11) is 1.40. The fourth-order valence-corrected chi connectivity index (χ4v) is 5.38. The SMILES string of the molecule is Cn1c(=O)n(CC2CCCC(CN=C=O)C2)c(=O)n(CC2CCCC(CN=C=O)C2)c1=O. The number of carbonyl (C=O) groups excluding carboxylic acids is 2. The van der Waals surface area contributed by atoms with Crippen molar-refractivity contribution in [2.45, 2.75) is 64.5 Å². The smallest absolute Gasteiger partial charge is 0.248 e. The molecule has 1 aromatic heterocycles. The summed E-state index contributed by atoms with van der Waals surface area (Å²) in [5.74, 6) is 0.724. The van der Waals surface area contributed by atoms with Gasteiger partial charge < -0.3 is 0 Å². The van der Waals surface area contributed by atoms with E-state index in [1.165, 1.54) is 16.2 Å². The third kappa shape index (κ3) is 5.69.